The predicted molar refractivity (Wildman–Crippen MR) is 134 cm³/mol. The molecule has 180 valence electrons. The number of nitrogens with zero attached hydrogens (tertiary/aromatic N) is 7. The van der Waals surface area contributed by atoms with Crippen LogP contribution in [0.2, 0.25) is 0 Å². The average molecular weight is 483 g/mol. The van der Waals surface area contributed by atoms with Gasteiger partial charge >= 0.3 is 0 Å². The van der Waals surface area contributed by atoms with Crippen molar-refractivity contribution in [1.82, 2.24) is 30.1 Å². The second-order valence-electron chi connectivity index (χ2n) is 8.62. The lowest BCUT2D eigenvalue weighted by Gasteiger charge is -2.36. The Balaban J connectivity index is 1.31. The lowest BCUT2D eigenvalue weighted by atomic mass is 10.1. The highest BCUT2D eigenvalue weighted by molar-refractivity contribution is 5.97. The van der Waals surface area contributed by atoms with Gasteiger partial charge in [0.1, 0.15) is 28.8 Å². The van der Waals surface area contributed by atoms with Gasteiger partial charge in [0.05, 0.1) is 0 Å². The smallest absolute Gasteiger partial charge is 0.184 e. The number of piperazine rings is 1. The molecule has 6 rings (SSSR count). The first-order chi connectivity index (χ1) is 17.7. The Hall–Kier alpha value is -4.60. The van der Waals surface area contributed by atoms with Crippen molar-refractivity contribution in [1.29, 1.82) is 0 Å². The Morgan fingerprint density at radius 1 is 0.861 bits per heavy atom. The van der Waals surface area contributed by atoms with Gasteiger partial charge in [-0.15, -0.1) is 10.2 Å². The molecule has 1 aromatic carbocycles. The molecule has 4 aromatic heterocycles. The van der Waals surface area contributed by atoms with E-state index in [-0.39, 0.29) is 11.6 Å². The number of anilines is 2. The van der Waals surface area contributed by atoms with Crippen LogP contribution in [0.15, 0.2) is 67.0 Å². The summed E-state index contributed by atoms with van der Waals surface area (Å²) in [4.78, 5) is 21.3. The van der Waals surface area contributed by atoms with Crippen LogP contribution in [-0.4, -0.2) is 61.4 Å². The summed E-state index contributed by atoms with van der Waals surface area (Å²) in [5.41, 5.74) is 1.64. The molecule has 0 spiro atoms. The molecule has 0 unspecified atom stereocenters. The topological polar surface area (TPSA) is 107 Å². The zero-order valence-electron chi connectivity index (χ0n) is 19.3. The Labute approximate surface area is 206 Å². The van der Waals surface area contributed by atoms with E-state index in [1.54, 1.807) is 24.5 Å². The zero-order valence-corrected chi connectivity index (χ0v) is 19.3. The van der Waals surface area contributed by atoms with Gasteiger partial charge in [-0.3, -0.25) is 4.98 Å². The highest BCUT2D eigenvalue weighted by Crippen LogP contribution is 2.37. The summed E-state index contributed by atoms with van der Waals surface area (Å²) in [6.07, 6.45) is 3.90. The predicted octanol–water partition coefficient (Wildman–Crippen LogP) is 3.57. The minimum Gasteiger partial charge on any atom is -0.504 e. The Kier molecular flexibility index (Phi) is 5.61. The van der Waals surface area contributed by atoms with Crippen molar-refractivity contribution < 1.29 is 9.50 Å². The van der Waals surface area contributed by atoms with Gasteiger partial charge < -0.3 is 19.9 Å². The molecule has 1 aliphatic rings. The van der Waals surface area contributed by atoms with Crippen molar-refractivity contribution in [2.24, 2.45) is 0 Å². The molecule has 1 saturated heterocycles. The first-order valence-electron chi connectivity index (χ1n) is 11.7. The molecule has 0 saturated carbocycles. The number of hydrogen-bond acceptors (Lipinski definition) is 8. The normalized spacial score (nSPS) is 13.9. The fraction of sp³-hybridized carbons (Fsp3) is 0.192. The highest BCUT2D eigenvalue weighted by atomic mass is 19.1. The summed E-state index contributed by atoms with van der Waals surface area (Å²) in [5, 5.41) is 20.3. The number of benzene rings is 1. The number of aromatic hydroxyl groups is 1. The van der Waals surface area contributed by atoms with Crippen LogP contribution in [-0.2, 0) is 6.42 Å². The number of hydrogen-bond donors (Lipinski definition) is 2. The molecule has 2 N–H and O–H groups in total. The van der Waals surface area contributed by atoms with E-state index < -0.39 is 0 Å². The maximum absolute atomic E-state index is 13.2. The lowest BCUT2D eigenvalue weighted by Crippen LogP contribution is -2.47. The molecule has 9 nitrogen and oxygen atoms in total. The van der Waals surface area contributed by atoms with Gasteiger partial charge in [0, 0.05) is 50.4 Å². The van der Waals surface area contributed by atoms with Crippen molar-refractivity contribution in [3.05, 3.63) is 84.2 Å². The van der Waals surface area contributed by atoms with Crippen molar-refractivity contribution in [2.75, 3.05) is 36.0 Å². The number of fused-ring (bicyclic) bond motifs is 1. The van der Waals surface area contributed by atoms with Crippen molar-refractivity contribution in [3.8, 4) is 17.3 Å². The second-order valence-corrected chi connectivity index (χ2v) is 8.62. The zero-order chi connectivity index (χ0) is 24.5. The van der Waals surface area contributed by atoms with Crippen LogP contribution in [0.25, 0.3) is 22.4 Å². The minimum absolute atomic E-state index is 0.0500. The van der Waals surface area contributed by atoms with Gasteiger partial charge in [0.2, 0.25) is 0 Å². The average Bonchev–Trinajstić information content (AvgIpc) is 3.39. The maximum atomic E-state index is 13.2. The SMILES string of the molecule is Oc1c(-c2nnc(Cc3ccc(F)cc3)[nH]2)nc(N2CCN(c3ccccn3)CC2)c2cccnc12. The third-order valence-electron chi connectivity index (χ3n) is 6.31. The lowest BCUT2D eigenvalue weighted by molar-refractivity contribution is 0.479. The van der Waals surface area contributed by atoms with E-state index in [1.807, 2.05) is 30.3 Å². The van der Waals surface area contributed by atoms with Gasteiger partial charge in [0.15, 0.2) is 17.3 Å². The van der Waals surface area contributed by atoms with Crippen molar-refractivity contribution in [2.45, 2.75) is 6.42 Å². The molecule has 0 amide bonds. The van der Waals surface area contributed by atoms with Crippen molar-refractivity contribution >= 4 is 22.5 Å². The van der Waals surface area contributed by atoms with Gasteiger partial charge in [-0.25, -0.2) is 14.4 Å². The molecular weight excluding hydrogens is 459 g/mol. The van der Waals surface area contributed by atoms with Gasteiger partial charge in [-0.1, -0.05) is 18.2 Å². The number of H-pyrrole nitrogens is 1. The number of rotatable bonds is 5. The fourth-order valence-electron chi connectivity index (χ4n) is 4.48. The summed E-state index contributed by atoms with van der Waals surface area (Å²) in [6, 6.07) is 15.9. The van der Waals surface area contributed by atoms with Crippen LogP contribution in [0.3, 0.4) is 0 Å². The molecule has 36 heavy (non-hydrogen) atoms. The molecular formula is C26H23FN8O. The van der Waals surface area contributed by atoms with Gasteiger partial charge in [0.25, 0.3) is 0 Å². The standard InChI is InChI=1S/C26H23FN8O/c27-18-8-6-17(7-9-18)16-20-30-25(33-32-20)23-24(36)22-19(4-3-11-29-22)26(31-23)35-14-12-34(13-15-35)21-5-1-2-10-28-21/h1-11,36H,12-16H2,(H,30,32,33). The monoisotopic (exact) mass is 482 g/mol. The second kappa shape index (κ2) is 9.21. The summed E-state index contributed by atoms with van der Waals surface area (Å²) in [6.45, 7) is 3.07. The summed E-state index contributed by atoms with van der Waals surface area (Å²) < 4.78 is 13.2. The molecule has 5 aromatic rings. The van der Waals surface area contributed by atoms with E-state index in [1.165, 1.54) is 12.1 Å². The number of pyridine rings is 3. The van der Waals surface area contributed by atoms with Crippen LogP contribution in [0.5, 0.6) is 5.75 Å². The third kappa shape index (κ3) is 4.17. The molecule has 10 heteroatoms. The summed E-state index contributed by atoms with van der Waals surface area (Å²) in [7, 11) is 0. The van der Waals surface area contributed by atoms with Crippen LogP contribution < -0.4 is 9.80 Å². The highest BCUT2D eigenvalue weighted by Gasteiger charge is 2.25. The fourth-order valence-corrected chi connectivity index (χ4v) is 4.48. The number of aromatic nitrogens is 6. The van der Waals surface area contributed by atoms with E-state index >= 15 is 0 Å². The number of halogens is 1. The van der Waals surface area contributed by atoms with E-state index in [0.717, 1.165) is 48.8 Å². The summed E-state index contributed by atoms with van der Waals surface area (Å²) >= 11 is 0. The quantitative estimate of drug-likeness (QED) is 0.392. The third-order valence-corrected chi connectivity index (χ3v) is 6.31. The molecule has 0 aliphatic carbocycles. The van der Waals surface area contributed by atoms with E-state index in [0.29, 0.717) is 29.3 Å². The van der Waals surface area contributed by atoms with E-state index in [4.69, 9.17) is 4.98 Å². The first kappa shape index (κ1) is 21.9. The molecule has 5 heterocycles. The Morgan fingerprint density at radius 3 is 2.42 bits per heavy atom. The largest absolute Gasteiger partial charge is 0.504 e. The number of nitrogens with one attached hydrogen (secondary N) is 1. The van der Waals surface area contributed by atoms with Gasteiger partial charge in [-0.2, -0.15) is 0 Å². The van der Waals surface area contributed by atoms with Gasteiger partial charge in [-0.05, 0) is 42.0 Å². The Bertz CT molecular complexity index is 1500. The van der Waals surface area contributed by atoms with Crippen molar-refractivity contribution in [3.63, 3.8) is 0 Å². The van der Waals surface area contributed by atoms with Crippen LogP contribution in [0.4, 0.5) is 16.0 Å². The van der Waals surface area contributed by atoms with Crippen LogP contribution in [0, 0.1) is 5.82 Å². The number of aromatic amines is 1. The molecule has 0 radical (unpaired) electrons. The van der Waals surface area contributed by atoms with E-state index in [9.17, 15) is 9.50 Å². The first-order valence-corrected chi connectivity index (χ1v) is 11.7. The summed E-state index contributed by atoms with van der Waals surface area (Å²) in [5.74, 6) is 2.30. The van der Waals surface area contributed by atoms with Crippen LogP contribution >= 0.6 is 0 Å². The molecule has 0 atom stereocenters. The minimum atomic E-state index is -0.289. The van der Waals surface area contributed by atoms with E-state index in [2.05, 4.69) is 34.9 Å². The maximum Gasteiger partial charge on any atom is 0.184 e. The Morgan fingerprint density at radius 2 is 1.64 bits per heavy atom. The van der Waals surface area contributed by atoms with Crippen LogP contribution in [0.1, 0.15) is 11.4 Å². The molecule has 1 fully saturated rings. The molecule has 1 aliphatic heterocycles. The molecule has 0 bridgehead atoms.